The van der Waals surface area contributed by atoms with Crippen molar-refractivity contribution in [1.29, 1.82) is 0 Å². The third-order valence-electron chi connectivity index (χ3n) is 5.55. The monoisotopic (exact) mass is 367 g/mol. The number of aliphatic hydroxyl groups excluding tert-OH is 1. The predicted octanol–water partition coefficient (Wildman–Crippen LogP) is 3.81. The largest absolute Gasteiger partial charge is 0.392 e. The Bertz CT molecular complexity index is 674. The van der Waals surface area contributed by atoms with E-state index >= 15 is 0 Å². The lowest BCUT2D eigenvalue weighted by atomic mass is 9.73. The highest BCUT2D eigenvalue weighted by Gasteiger charge is 2.44. The zero-order valence-electron chi connectivity index (χ0n) is 16.1. The van der Waals surface area contributed by atoms with Crippen molar-refractivity contribution in [3.8, 4) is 0 Å². The van der Waals surface area contributed by atoms with Crippen LogP contribution in [0.3, 0.4) is 0 Å². The van der Waals surface area contributed by atoms with Crippen LogP contribution in [0.15, 0.2) is 23.1 Å². The normalized spacial score (nSPS) is 21.4. The first-order valence-corrected chi connectivity index (χ1v) is 11.1. The summed E-state index contributed by atoms with van der Waals surface area (Å²) in [6.07, 6.45) is 5.29. The zero-order valence-corrected chi connectivity index (χ0v) is 16.9. The van der Waals surface area contributed by atoms with E-state index in [-0.39, 0.29) is 5.75 Å². The number of unbranched alkanes of at least 4 members (excludes halogenated alkanes) is 2. The summed E-state index contributed by atoms with van der Waals surface area (Å²) in [7, 11) is 0.480. The van der Waals surface area contributed by atoms with E-state index in [0.717, 1.165) is 49.8 Å². The van der Waals surface area contributed by atoms with Crippen LogP contribution in [-0.4, -0.2) is 39.5 Å². The molecule has 1 aromatic rings. The minimum Gasteiger partial charge on any atom is -0.392 e. The quantitative estimate of drug-likeness (QED) is 0.796. The summed E-state index contributed by atoms with van der Waals surface area (Å²) in [5.74, 6) is 0.0650. The van der Waals surface area contributed by atoms with Gasteiger partial charge in [0, 0.05) is 31.6 Å². The van der Waals surface area contributed by atoms with E-state index in [9.17, 15) is 13.5 Å². The van der Waals surface area contributed by atoms with Gasteiger partial charge in [0.25, 0.3) is 0 Å². The van der Waals surface area contributed by atoms with Crippen molar-refractivity contribution in [3.05, 3.63) is 23.8 Å². The predicted molar refractivity (Wildman–Crippen MR) is 104 cm³/mol. The highest BCUT2D eigenvalue weighted by molar-refractivity contribution is 7.91. The molecule has 1 aromatic carbocycles. The topological polar surface area (TPSA) is 57.6 Å². The third-order valence-corrected chi connectivity index (χ3v) is 7.57. The minimum atomic E-state index is -3.40. The highest BCUT2D eigenvalue weighted by atomic mass is 32.2. The molecule has 0 aliphatic carbocycles. The first kappa shape index (κ1) is 20.2. The second-order valence-corrected chi connectivity index (χ2v) is 9.69. The van der Waals surface area contributed by atoms with E-state index < -0.39 is 21.4 Å². The number of sulfone groups is 1. The fourth-order valence-corrected chi connectivity index (χ4v) is 6.15. The van der Waals surface area contributed by atoms with Crippen LogP contribution < -0.4 is 4.90 Å². The van der Waals surface area contributed by atoms with Gasteiger partial charge >= 0.3 is 0 Å². The van der Waals surface area contributed by atoms with Gasteiger partial charge in [0.2, 0.25) is 0 Å². The Morgan fingerprint density at radius 1 is 1.16 bits per heavy atom. The van der Waals surface area contributed by atoms with Crippen LogP contribution in [0.1, 0.15) is 57.9 Å². The molecule has 0 aromatic heterocycles. The van der Waals surface area contributed by atoms with E-state index in [0.29, 0.717) is 11.3 Å². The summed E-state index contributed by atoms with van der Waals surface area (Å²) in [4.78, 5) is 2.37. The lowest BCUT2D eigenvalue weighted by molar-refractivity contribution is 0.0250. The molecule has 1 heterocycles. The summed E-state index contributed by atoms with van der Waals surface area (Å²) in [6.45, 7) is 4.23. The molecule has 1 aliphatic rings. The van der Waals surface area contributed by atoms with Crippen molar-refractivity contribution in [3.63, 3.8) is 0 Å². The maximum absolute atomic E-state index is 13.1. The second kappa shape index (κ2) is 8.09. The van der Waals surface area contributed by atoms with Gasteiger partial charge in [0.05, 0.1) is 16.8 Å². The Labute approximate surface area is 153 Å². The van der Waals surface area contributed by atoms with Gasteiger partial charge in [-0.15, -0.1) is 0 Å². The Balaban J connectivity index is 2.49. The van der Waals surface area contributed by atoms with Gasteiger partial charge < -0.3 is 10.0 Å². The van der Waals surface area contributed by atoms with Crippen LogP contribution in [0.4, 0.5) is 5.69 Å². The molecule has 0 saturated heterocycles. The molecule has 0 fully saturated rings. The Morgan fingerprint density at radius 3 is 2.28 bits per heavy atom. The molecule has 0 bridgehead atoms. The summed E-state index contributed by atoms with van der Waals surface area (Å²) in [5.41, 5.74) is 1.20. The molecule has 0 radical (unpaired) electrons. The maximum Gasteiger partial charge on any atom is 0.179 e. The molecule has 0 amide bonds. The van der Waals surface area contributed by atoms with Crippen molar-refractivity contribution in [2.75, 3.05) is 24.7 Å². The molecule has 1 aliphatic heterocycles. The number of hydrogen-bond donors (Lipinski definition) is 1. The Morgan fingerprint density at radius 2 is 1.76 bits per heavy atom. The number of anilines is 1. The zero-order chi connectivity index (χ0) is 18.7. The van der Waals surface area contributed by atoms with Crippen molar-refractivity contribution in [1.82, 2.24) is 0 Å². The lowest BCUT2D eigenvalue weighted by Crippen LogP contribution is -2.41. The fourth-order valence-electron chi connectivity index (χ4n) is 3.94. The van der Waals surface area contributed by atoms with Gasteiger partial charge in [-0.3, -0.25) is 0 Å². The Hall–Kier alpha value is -1.07. The van der Waals surface area contributed by atoms with Crippen LogP contribution in [0.25, 0.3) is 0 Å². The molecule has 1 atom stereocenters. The smallest absolute Gasteiger partial charge is 0.179 e. The van der Waals surface area contributed by atoms with Gasteiger partial charge in [-0.2, -0.15) is 0 Å². The molecular formula is C20H33NO3S. The van der Waals surface area contributed by atoms with E-state index in [1.165, 1.54) is 0 Å². The van der Waals surface area contributed by atoms with E-state index in [1.807, 2.05) is 31.1 Å². The van der Waals surface area contributed by atoms with Gasteiger partial charge in [0.15, 0.2) is 9.84 Å². The fraction of sp³-hybridized carbons (Fsp3) is 0.700. The van der Waals surface area contributed by atoms with Crippen LogP contribution >= 0.6 is 0 Å². The number of fused-ring (bicyclic) bond motifs is 1. The molecule has 4 nitrogen and oxygen atoms in total. The first-order chi connectivity index (χ1) is 11.8. The molecule has 0 spiro atoms. The van der Waals surface area contributed by atoms with Crippen molar-refractivity contribution in [2.45, 2.75) is 69.8 Å². The van der Waals surface area contributed by atoms with E-state index in [2.05, 4.69) is 13.8 Å². The molecule has 25 heavy (non-hydrogen) atoms. The molecule has 5 heteroatoms. The van der Waals surface area contributed by atoms with Gasteiger partial charge in [-0.05, 0) is 36.6 Å². The average molecular weight is 368 g/mol. The first-order valence-electron chi connectivity index (χ1n) is 9.47. The number of nitrogens with zero attached hydrogens (tertiary/aromatic N) is 1. The van der Waals surface area contributed by atoms with Crippen molar-refractivity contribution in [2.24, 2.45) is 5.41 Å². The summed E-state index contributed by atoms with van der Waals surface area (Å²) in [6, 6.07) is 5.50. The second-order valence-electron chi connectivity index (χ2n) is 7.73. The van der Waals surface area contributed by atoms with Gasteiger partial charge in [-0.25, -0.2) is 8.42 Å². The van der Waals surface area contributed by atoms with E-state index in [1.54, 1.807) is 6.07 Å². The Kier molecular flexibility index (Phi) is 6.55. The minimum absolute atomic E-state index is 0.0650. The third kappa shape index (κ3) is 4.37. The van der Waals surface area contributed by atoms with Gasteiger partial charge in [-0.1, -0.05) is 39.5 Å². The molecule has 142 valence electrons. The summed E-state index contributed by atoms with van der Waals surface area (Å²) >= 11 is 0. The van der Waals surface area contributed by atoms with E-state index in [4.69, 9.17) is 0 Å². The lowest BCUT2D eigenvalue weighted by Gasteiger charge is -2.36. The number of aliphatic hydroxyl groups is 1. The molecule has 1 unspecified atom stereocenters. The average Bonchev–Trinajstić information content (AvgIpc) is 2.64. The highest BCUT2D eigenvalue weighted by Crippen LogP contribution is 2.43. The van der Waals surface area contributed by atoms with Crippen LogP contribution in [0.2, 0.25) is 0 Å². The van der Waals surface area contributed by atoms with Crippen LogP contribution in [0, 0.1) is 5.41 Å². The summed E-state index contributed by atoms with van der Waals surface area (Å²) < 4.78 is 26.3. The maximum atomic E-state index is 13.1. The van der Waals surface area contributed by atoms with Crippen LogP contribution in [0.5, 0.6) is 0 Å². The standard InChI is InChI=1S/C20H33NO3S/c1-5-7-11-20(12-8-6-2)15-25(23,24)18-10-9-17(21(3)4)13-16(18)14-19(20)22/h9-10,13,19,22H,5-8,11-12,14-15H2,1-4H3. The molecule has 2 rings (SSSR count). The summed E-state index contributed by atoms with van der Waals surface area (Å²) in [5, 5.41) is 11.1. The molecular weight excluding hydrogens is 334 g/mol. The molecule has 0 saturated carbocycles. The van der Waals surface area contributed by atoms with Crippen molar-refractivity contribution < 1.29 is 13.5 Å². The number of benzene rings is 1. The SMILES string of the molecule is CCCCC1(CCCC)CS(=O)(=O)c2ccc(N(C)C)cc2CC1O. The number of hydrogen-bond acceptors (Lipinski definition) is 4. The van der Waals surface area contributed by atoms with Gasteiger partial charge in [0.1, 0.15) is 0 Å². The van der Waals surface area contributed by atoms with Crippen molar-refractivity contribution >= 4 is 15.5 Å². The molecule has 1 N–H and O–H groups in total. The van der Waals surface area contributed by atoms with Crippen LogP contribution in [-0.2, 0) is 16.3 Å². The number of rotatable bonds is 7.